The van der Waals surface area contributed by atoms with Crippen LogP contribution in [-0.4, -0.2) is 45.8 Å². The summed E-state index contributed by atoms with van der Waals surface area (Å²) in [6.07, 6.45) is 13.3. The van der Waals surface area contributed by atoms with E-state index in [1.165, 1.54) is 38.5 Å². The van der Waals surface area contributed by atoms with E-state index < -0.39 is 5.41 Å². The molecular weight excluding hydrogens is 400 g/mol. The Kier molecular flexibility index (Phi) is 5.72. The number of hydrogen-bond donors (Lipinski definition) is 0. The molecule has 0 N–H and O–H groups in total. The first-order valence-corrected chi connectivity index (χ1v) is 12.4. The molecule has 1 unspecified atom stereocenters. The van der Waals surface area contributed by atoms with E-state index >= 15 is 0 Å². The molecule has 2 aromatic rings. The Morgan fingerprint density at radius 1 is 1.00 bits per heavy atom. The Morgan fingerprint density at radius 3 is 2.25 bits per heavy atom. The lowest BCUT2D eigenvalue weighted by atomic mass is 9.67. The number of aromatic nitrogens is 3. The topological polar surface area (TPSA) is 60.2 Å². The number of rotatable bonds is 4. The number of benzene rings is 1. The standard InChI is InChI=1S/C26H36N4O2/c1-29-19-27-28-23(29)22-17-30(18-25(22)13-5-3-6-14-25)24(31)26(15-7-4-8-16-26)20-9-11-21(32-2)12-10-20/h9-12,19,22H,3-8,13-18H2,1-2H3. The Balaban J connectivity index is 1.49. The highest BCUT2D eigenvalue weighted by atomic mass is 16.5. The van der Waals surface area contributed by atoms with Crippen LogP contribution in [0.15, 0.2) is 30.6 Å². The van der Waals surface area contributed by atoms with Crippen molar-refractivity contribution >= 4 is 5.91 Å². The van der Waals surface area contributed by atoms with E-state index in [2.05, 4.69) is 31.8 Å². The van der Waals surface area contributed by atoms with Gasteiger partial charge in [-0.25, -0.2) is 0 Å². The van der Waals surface area contributed by atoms with Gasteiger partial charge in [0, 0.05) is 26.1 Å². The SMILES string of the molecule is COc1ccc(C2(C(=O)N3CC(c4nncn4C)C4(CCCCC4)C3)CCCCC2)cc1. The Bertz CT molecular complexity index is 939. The Hall–Kier alpha value is -2.37. The van der Waals surface area contributed by atoms with E-state index in [0.717, 1.165) is 55.9 Å². The molecule has 0 radical (unpaired) electrons. The van der Waals surface area contributed by atoms with Gasteiger partial charge < -0.3 is 14.2 Å². The largest absolute Gasteiger partial charge is 0.497 e. The minimum Gasteiger partial charge on any atom is -0.497 e. The lowest BCUT2D eigenvalue weighted by Crippen LogP contribution is -2.48. The number of hydrogen-bond acceptors (Lipinski definition) is 4. The number of amides is 1. The second-order valence-electron chi connectivity index (χ2n) is 10.3. The predicted octanol–water partition coefficient (Wildman–Crippen LogP) is 4.60. The van der Waals surface area contributed by atoms with Crippen LogP contribution in [0.25, 0.3) is 0 Å². The molecule has 6 heteroatoms. The maximum Gasteiger partial charge on any atom is 0.233 e. The van der Waals surface area contributed by atoms with Gasteiger partial charge in [-0.05, 0) is 48.8 Å². The molecular formula is C26H36N4O2. The fourth-order valence-electron chi connectivity index (χ4n) is 6.84. The van der Waals surface area contributed by atoms with Crippen LogP contribution in [0.5, 0.6) is 5.75 Å². The van der Waals surface area contributed by atoms with Crippen LogP contribution in [-0.2, 0) is 17.3 Å². The van der Waals surface area contributed by atoms with Crippen LogP contribution >= 0.6 is 0 Å². The maximum atomic E-state index is 14.4. The molecule has 5 rings (SSSR count). The van der Waals surface area contributed by atoms with E-state index in [4.69, 9.17) is 4.74 Å². The molecule has 32 heavy (non-hydrogen) atoms. The summed E-state index contributed by atoms with van der Waals surface area (Å²) in [4.78, 5) is 16.6. The first kappa shape index (κ1) is 21.5. The van der Waals surface area contributed by atoms with Crippen LogP contribution in [0.3, 0.4) is 0 Å². The Labute approximate surface area is 191 Å². The van der Waals surface area contributed by atoms with Crippen molar-refractivity contribution in [3.05, 3.63) is 42.0 Å². The molecule has 2 heterocycles. The second-order valence-corrected chi connectivity index (χ2v) is 10.3. The number of ether oxygens (including phenoxy) is 1. The van der Waals surface area contributed by atoms with Gasteiger partial charge in [0.2, 0.25) is 5.91 Å². The van der Waals surface area contributed by atoms with Crippen LogP contribution < -0.4 is 4.74 Å². The molecule has 1 saturated heterocycles. The van der Waals surface area contributed by atoms with Gasteiger partial charge in [-0.1, -0.05) is 50.7 Å². The van der Waals surface area contributed by atoms with Crippen molar-refractivity contribution < 1.29 is 9.53 Å². The van der Waals surface area contributed by atoms with Crippen molar-refractivity contribution in [3.8, 4) is 5.75 Å². The van der Waals surface area contributed by atoms with Gasteiger partial charge in [-0.2, -0.15) is 0 Å². The van der Waals surface area contributed by atoms with Gasteiger partial charge in [0.25, 0.3) is 0 Å². The number of carbonyl (C=O) groups excluding carboxylic acids is 1. The first-order valence-electron chi connectivity index (χ1n) is 12.4. The van der Waals surface area contributed by atoms with Crippen molar-refractivity contribution in [1.29, 1.82) is 0 Å². The molecule has 1 amide bonds. The number of likely N-dealkylation sites (tertiary alicyclic amines) is 1. The lowest BCUT2D eigenvalue weighted by molar-refractivity contribution is -0.138. The summed E-state index contributed by atoms with van der Waals surface area (Å²) in [5.74, 6) is 2.49. The summed E-state index contributed by atoms with van der Waals surface area (Å²) in [5, 5.41) is 8.69. The maximum absolute atomic E-state index is 14.4. The lowest BCUT2D eigenvalue weighted by Gasteiger charge is -2.40. The fraction of sp³-hybridized carbons (Fsp3) is 0.654. The highest BCUT2D eigenvalue weighted by molar-refractivity contribution is 5.89. The van der Waals surface area contributed by atoms with E-state index in [0.29, 0.717) is 5.91 Å². The molecule has 2 saturated carbocycles. The van der Waals surface area contributed by atoms with Gasteiger partial charge in [-0.15, -0.1) is 10.2 Å². The third kappa shape index (κ3) is 3.52. The van der Waals surface area contributed by atoms with Crippen LogP contribution in [0.4, 0.5) is 0 Å². The van der Waals surface area contributed by atoms with Gasteiger partial charge in [0.15, 0.2) is 0 Å². The zero-order valence-corrected chi connectivity index (χ0v) is 19.6. The first-order chi connectivity index (χ1) is 15.6. The number of nitrogens with zero attached hydrogens (tertiary/aromatic N) is 4. The average molecular weight is 437 g/mol. The van der Waals surface area contributed by atoms with Crippen molar-refractivity contribution in [2.45, 2.75) is 75.5 Å². The summed E-state index contributed by atoms with van der Waals surface area (Å²) in [5.41, 5.74) is 0.891. The quantitative estimate of drug-likeness (QED) is 0.703. The number of methoxy groups -OCH3 is 1. The average Bonchev–Trinajstić information content (AvgIpc) is 3.42. The highest BCUT2D eigenvalue weighted by Gasteiger charge is 2.53. The zero-order chi connectivity index (χ0) is 22.2. The van der Waals surface area contributed by atoms with Crippen molar-refractivity contribution in [1.82, 2.24) is 19.7 Å². The molecule has 1 aromatic carbocycles. The molecule has 1 aliphatic heterocycles. The van der Waals surface area contributed by atoms with Crippen LogP contribution in [0, 0.1) is 5.41 Å². The fourth-order valence-corrected chi connectivity index (χ4v) is 6.84. The predicted molar refractivity (Wildman–Crippen MR) is 124 cm³/mol. The normalized spacial score (nSPS) is 24.6. The summed E-state index contributed by atoms with van der Waals surface area (Å²) in [6, 6.07) is 8.26. The van der Waals surface area contributed by atoms with Crippen molar-refractivity contribution in [3.63, 3.8) is 0 Å². The summed E-state index contributed by atoms with van der Waals surface area (Å²) < 4.78 is 7.45. The van der Waals surface area contributed by atoms with Gasteiger partial charge >= 0.3 is 0 Å². The zero-order valence-electron chi connectivity index (χ0n) is 19.6. The number of aryl methyl sites for hydroxylation is 1. The molecule has 2 aliphatic carbocycles. The highest BCUT2D eigenvalue weighted by Crippen LogP contribution is 2.53. The minimum absolute atomic E-state index is 0.143. The summed E-state index contributed by atoms with van der Waals surface area (Å²) in [7, 11) is 3.73. The summed E-state index contributed by atoms with van der Waals surface area (Å²) in [6.45, 7) is 1.63. The summed E-state index contributed by atoms with van der Waals surface area (Å²) >= 11 is 0. The van der Waals surface area contributed by atoms with Gasteiger partial charge in [0.05, 0.1) is 12.5 Å². The van der Waals surface area contributed by atoms with Crippen molar-refractivity contribution in [2.24, 2.45) is 12.5 Å². The van der Waals surface area contributed by atoms with Gasteiger partial charge in [0.1, 0.15) is 17.9 Å². The van der Waals surface area contributed by atoms with Crippen molar-refractivity contribution in [2.75, 3.05) is 20.2 Å². The molecule has 3 aliphatic rings. The van der Waals surface area contributed by atoms with E-state index in [9.17, 15) is 4.79 Å². The van der Waals surface area contributed by atoms with E-state index in [-0.39, 0.29) is 11.3 Å². The minimum atomic E-state index is -0.408. The molecule has 1 spiro atoms. The van der Waals surface area contributed by atoms with E-state index in [1.54, 1.807) is 13.4 Å². The molecule has 3 fully saturated rings. The third-order valence-electron chi connectivity index (χ3n) is 8.60. The van der Waals surface area contributed by atoms with Gasteiger partial charge in [-0.3, -0.25) is 4.79 Å². The molecule has 0 bridgehead atoms. The monoisotopic (exact) mass is 436 g/mol. The second kappa shape index (κ2) is 8.53. The third-order valence-corrected chi connectivity index (χ3v) is 8.60. The molecule has 1 aromatic heterocycles. The van der Waals surface area contributed by atoms with Crippen LogP contribution in [0.2, 0.25) is 0 Å². The Morgan fingerprint density at radius 2 is 1.66 bits per heavy atom. The number of carbonyl (C=O) groups is 1. The molecule has 172 valence electrons. The van der Waals surface area contributed by atoms with E-state index in [1.807, 2.05) is 19.2 Å². The molecule has 1 atom stereocenters. The van der Waals surface area contributed by atoms with Crippen LogP contribution in [0.1, 0.15) is 81.5 Å². The molecule has 6 nitrogen and oxygen atoms in total. The smallest absolute Gasteiger partial charge is 0.233 e.